The normalized spacial score (nSPS) is 11.4. The Balaban J connectivity index is 0.000000235. The van der Waals surface area contributed by atoms with E-state index in [-0.39, 0.29) is 36.6 Å². The molecular formula is C63H70N12O9S2. The summed E-state index contributed by atoms with van der Waals surface area (Å²) < 4.78 is 29.0. The van der Waals surface area contributed by atoms with Crippen molar-refractivity contribution in [1.82, 2.24) is 25.3 Å². The minimum atomic E-state index is -0.677. The Kier molecular flexibility index (Phi) is 23.8. The Labute approximate surface area is 508 Å². The lowest BCUT2D eigenvalue weighted by Crippen LogP contribution is -2.28. The van der Waals surface area contributed by atoms with Crippen LogP contribution in [0.15, 0.2) is 133 Å². The number of aliphatic hydroxyl groups is 1. The summed E-state index contributed by atoms with van der Waals surface area (Å²) in [4.78, 5) is 64.8. The highest BCUT2D eigenvalue weighted by Gasteiger charge is 2.22. The maximum atomic E-state index is 12.3. The van der Waals surface area contributed by atoms with Crippen molar-refractivity contribution in [1.29, 1.82) is 0 Å². The average Bonchev–Trinajstić information content (AvgIpc) is 2.35. The van der Waals surface area contributed by atoms with Crippen molar-refractivity contribution < 1.29 is 43.2 Å². The Morgan fingerprint density at radius 2 is 1.06 bits per heavy atom. The van der Waals surface area contributed by atoms with Crippen LogP contribution in [0.2, 0.25) is 0 Å². The maximum Gasteiger partial charge on any atom is 0.407 e. The van der Waals surface area contributed by atoms with E-state index in [9.17, 15) is 14.4 Å². The fourth-order valence-electron chi connectivity index (χ4n) is 7.48. The van der Waals surface area contributed by atoms with Crippen LogP contribution >= 0.6 is 22.7 Å². The number of rotatable bonds is 20. The zero-order chi connectivity index (χ0) is 62.4. The van der Waals surface area contributed by atoms with E-state index in [4.69, 9.17) is 59.1 Å². The number of esters is 2. The number of nitrogens with two attached hydrogens (primary N) is 3. The van der Waals surface area contributed by atoms with E-state index >= 15 is 0 Å². The van der Waals surface area contributed by atoms with Gasteiger partial charge in [-0.05, 0) is 135 Å². The summed E-state index contributed by atoms with van der Waals surface area (Å²) >= 11 is 2.99. The molecule has 0 saturated carbocycles. The van der Waals surface area contributed by atoms with E-state index in [1.165, 1.54) is 28.9 Å². The zero-order valence-corrected chi connectivity index (χ0v) is 50.8. The summed E-state index contributed by atoms with van der Waals surface area (Å²) in [5, 5.41) is 13.9. The molecule has 8 aromatic rings. The molecule has 0 aliphatic carbocycles. The molecule has 1 amide bonds. The van der Waals surface area contributed by atoms with Crippen LogP contribution in [0.25, 0.3) is 42.0 Å². The predicted molar refractivity (Wildman–Crippen MR) is 339 cm³/mol. The number of nitrogens with one attached hydrogen (secondary N) is 1. The van der Waals surface area contributed by atoms with Crippen LogP contribution in [-0.4, -0.2) is 94.7 Å². The molecule has 0 fully saturated rings. The summed E-state index contributed by atoms with van der Waals surface area (Å²) in [6, 6.07) is 35.1. The van der Waals surface area contributed by atoms with Gasteiger partial charge in [-0.3, -0.25) is 9.59 Å². The van der Waals surface area contributed by atoms with Crippen LogP contribution < -0.4 is 41.8 Å². The molecule has 0 aliphatic rings. The first-order valence-electron chi connectivity index (χ1n) is 26.9. The van der Waals surface area contributed by atoms with Crippen LogP contribution in [0, 0.1) is 13.1 Å². The second-order valence-corrected chi connectivity index (χ2v) is 23.3. The van der Waals surface area contributed by atoms with Gasteiger partial charge in [0.1, 0.15) is 42.7 Å². The number of likely N-dealkylation sites (N-methyl/N-ethyl adjacent to an activating group) is 2. The van der Waals surface area contributed by atoms with Gasteiger partial charge in [-0.2, -0.15) is 9.97 Å². The van der Waals surface area contributed by atoms with Gasteiger partial charge in [0.15, 0.2) is 0 Å². The third-order valence-corrected chi connectivity index (χ3v) is 13.9. The Morgan fingerprint density at radius 3 is 1.47 bits per heavy atom. The number of ether oxygens (including phenoxy) is 5. The molecule has 23 heteroatoms. The molecule has 448 valence electrons. The number of hydrogen-bond donors (Lipinski definition) is 5. The van der Waals surface area contributed by atoms with Crippen molar-refractivity contribution in [2.75, 3.05) is 61.7 Å². The lowest BCUT2D eigenvalue weighted by Gasteiger charge is -2.19. The molecule has 0 saturated heterocycles. The third-order valence-electron chi connectivity index (χ3n) is 11.8. The van der Waals surface area contributed by atoms with Crippen molar-refractivity contribution in [2.24, 2.45) is 5.73 Å². The molecule has 4 aromatic heterocycles. The van der Waals surface area contributed by atoms with Gasteiger partial charge < -0.3 is 61.1 Å². The minimum Gasteiger partial charge on any atom is -0.465 e. The summed E-state index contributed by atoms with van der Waals surface area (Å²) in [5.41, 5.74) is 21.2. The van der Waals surface area contributed by atoms with E-state index in [1.54, 1.807) is 72.0 Å². The number of carbonyl (C=O) groups is 3. The van der Waals surface area contributed by atoms with Gasteiger partial charge >= 0.3 is 30.1 Å². The first-order chi connectivity index (χ1) is 41.0. The first-order valence-corrected chi connectivity index (χ1v) is 28.6. The summed E-state index contributed by atoms with van der Waals surface area (Å²) in [7, 11) is 3.84. The van der Waals surface area contributed by atoms with Gasteiger partial charge in [-0.15, -0.1) is 22.7 Å². The van der Waals surface area contributed by atoms with Crippen LogP contribution in [0.3, 0.4) is 0 Å². The van der Waals surface area contributed by atoms with Gasteiger partial charge in [0.05, 0.1) is 26.3 Å². The topological polar surface area (TPSA) is 274 Å². The summed E-state index contributed by atoms with van der Waals surface area (Å²) in [6.45, 7) is 28.2. The molecule has 21 nitrogen and oxygen atoms in total. The van der Waals surface area contributed by atoms with Gasteiger partial charge in [-0.25, -0.2) is 24.5 Å². The highest BCUT2D eigenvalue weighted by atomic mass is 32.1. The second-order valence-electron chi connectivity index (χ2n) is 21.0. The Morgan fingerprint density at radius 1 is 0.628 bits per heavy atom. The lowest BCUT2D eigenvalue weighted by molar-refractivity contribution is -0.150. The number of fused-ring (bicyclic) bond motifs is 2. The summed E-state index contributed by atoms with van der Waals surface area (Å²) in [6.07, 6.45) is 5.73. The second kappa shape index (κ2) is 31.3. The van der Waals surface area contributed by atoms with E-state index in [2.05, 4.69) is 34.9 Å². The molecule has 0 bridgehead atoms. The van der Waals surface area contributed by atoms with Crippen molar-refractivity contribution in [3.05, 3.63) is 188 Å². The molecule has 86 heavy (non-hydrogen) atoms. The summed E-state index contributed by atoms with van der Waals surface area (Å²) in [5.74, 6) is -0.510. The zero-order valence-electron chi connectivity index (χ0n) is 49.2. The number of benzene rings is 4. The third kappa shape index (κ3) is 21.5. The highest BCUT2D eigenvalue weighted by molar-refractivity contribution is 7.20. The minimum absolute atomic E-state index is 0.0286. The van der Waals surface area contributed by atoms with Crippen molar-refractivity contribution in [3.63, 3.8) is 0 Å². The predicted octanol–water partition coefficient (Wildman–Crippen LogP) is 10.8. The molecule has 4 heterocycles. The molecule has 8 rings (SSSR count). The fourth-order valence-corrected chi connectivity index (χ4v) is 9.55. The SMILES string of the molecule is NCc1ccc(COc2nccc(N)n2)cc1.[C-]#[N+]/C(=C\c1cc2ccc(N(C)CCO)cc2s1)C(=O)OC(C)(C)C.[C-]#[N+]/C(=C\c1cc2ccc(N(C)CCOC(=O)NCc3ccc(COc4nccc(N)n4)cc3)cc2s1)C(=O)OC(C)(C)C. The number of nitrogen functional groups attached to an aromatic ring is 2. The number of carbonyl (C=O) groups excluding carboxylic acids is 3. The number of amides is 1. The molecule has 0 unspecified atom stereocenters. The van der Waals surface area contributed by atoms with E-state index in [0.29, 0.717) is 51.0 Å². The van der Waals surface area contributed by atoms with Crippen molar-refractivity contribution >= 4 is 96.0 Å². The number of nitrogens with zero attached hydrogens (tertiary/aromatic N) is 8. The van der Waals surface area contributed by atoms with Crippen molar-refractivity contribution in [2.45, 2.75) is 79.0 Å². The van der Waals surface area contributed by atoms with E-state index in [0.717, 1.165) is 63.6 Å². The Bertz CT molecular complexity index is 3730. The van der Waals surface area contributed by atoms with Crippen LogP contribution in [0.4, 0.5) is 27.8 Å². The molecule has 4 aromatic carbocycles. The largest absolute Gasteiger partial charge is 0.465 e. The smallest absolute Gasteiger partial charge is 0.407 e. The monoisotopic (exact) mass is 1200 g/mol. The number of anilines is 4. The van der Waals surface area contributed by atoms with E-state index < -0.39 is 29.2 Å². The quantitative estimate of drug-likeness (QED) is 0.0205. The number of hydrogen-bond acceptors (Lipinski definition) is 20. The van der Waals surface area contributed by atoms with Gasteiger partial charge in [-0.1, -0.05) is 60.7 Å². The number of aliphatic hydroxyl groups excluding tert-OH is 1. The number of aromatic nitrogens is 4. The highest BCUT2D eigenvalue weighted by Crippen LogP contribution is 2.33. The molecule has 8 N–H and O–H groups in total. The molecule has 0 radical (unpaired) electrons. The molecule has 0 aliphatic heterocycles. The van der Waals surface area contributed by atoms with E-state index in [1.807, 2.05) is 121 Å². The van der Waals surface area contributed by atoms with Crippen molar-refractivity contribution in [3.8, 4) is 12.0 Å². The van der Waals surface area contributed by atoms with Gasteiger partial charge in [0, 0.05) is 76.7 Å². The molecule has 0 spiro atoms. The van der Waals surface area contributed by atoms with Gasteiger partial charge in [0.2, 0.25) is 0 Å². The average molecular weight is 1200 g/mol. The maximum absolute atomic E-state index is 12.3. The first kappa shape index (κ1) is 65.5. The fraction of sp³-hybridized carbons (Fsp3) is 0.286. The standard InChI is InChI=1S/C32H34N6O5S.C19H22N2O3S.C12H14N4O/c1-32(2,3)43-29(39)26(34-4)18-25-16-23-10-11-24(17-27(23)44-25)38(5)14-15-41-31(40)36-19-21-6-8-22(9-7-21)20-42-30-35-13-12-28(33)37-30;1-19(2,3)24-18(23)16(20-4)12-15-10-13-6-7-14(11-17(13)25-15)21(5)8-9-22;13-7-9-1-3-10(4-2-9)8-17-12-15-6-5-11(14)16-12/h6-13,16-18H,14-15,19-20H2,1-3,5H3,(H,36,40)(H2,33,35,37);6-7,10-12,22H,8-9H2,1-3,5H3;1-6H,7-8,13H2,(H2,14,15,16)/b26-18-;16-12-;. The van der Waals surface area contributed by atoms with Crippen LogP contribution in [0.5, 0.6) is 12.0 Å². The Hall–Kier alpha value is -9.65. The molecular weight excluding hydrogens is 1130 g/mol. The van der Waals surface area contributed by atoms with Gasteiger partial charge in [0.25, 0.3) is 11.4 Å². The lowest BCUT2D eigenvalue weighted by atomic mass is 10.1. The number of alkyl carbamates (subject to hydrolysis) is 1. The van der Waals surface area contributed by atoms with Crippen LogP contribution in [-0.2, 0) is 50.1 Å². The molecule has 0 atom stereocenters. The number of thiophene rings is 2. The van der Waals surface area contributed by atoms with Crippen LogP contribution in [0.1, 0.15) is 73.6 Å².